The van der Waals surface area contributed by atoms with Gasteiger partial charge >= 0.3 is 0 Å². The van der Waals surface area contributed by atoms with E-state index in [1.165, 1.54) is 12.0 Å². The third-order valence-electron chi connectivity index (χ3n) is 4.04. The van der Waals surface area contributed by atoms with Gasteiger partial charge in [0.25, 0.3) is 0 Å². The molecule has 3 nitrogen and oxygen atoms in total. The van der Waals surface area contributed by atoms with Crippen LogP contribution in [0.25, 0.3) is 0 Å². The molecule has 0 aliphatic heterocycles. The minimum atomic E-state index is 0.485. The Balaban J connectivity index is 1.55. The van der Waals surface area contributed by atoms with E-state index >= 15 is 0 Å². The van der Waals surface area contributed by atoms with Gasteiger partial charge in [-0.15, -0.1) is 0 Å². The van der Waals surface area contributed by atoms with Crippen molar-refractivity contribution in [1.29, 1.82) is 0 Å². The minimum absolute atomic E-state index is 0.485. The molecule has 1 aromatic carbocycles. The van der Waals surface area contributed by atoms with Gasteiger partial charge < -0.3 is 10.6 Å². The predicted molar refractivity (Wildman–Crippen MR) is 79.8 cm³/mol. The van der Waals surface area contributed by atoms with Crippen molar-refractivity contribution in [3.63, 3.8) is 0 Å². The van der Waals surface area contributed by atoms with Crippen LogP contribution in [0.5, 0.6) is 0 Å². The van der Waals surface area contributed by atoms with Gasteiger partial charge in [-0.1, -0.05) is 30.7 Å². The number of benzene rings is 1. The van der Waals surface area contributed by atoms with E-state index in [4.69, 9.17) is 11.6 Å². The van der Waals surface area contributed by atoms with Crippen molar-refractivity contribution in [3.05, 3.63) is 34.9 Å². The van der Waals surface area contributed by atoms with Crippen LogP contribution < -0.4 is 10.6 Å². The Morgan fingerprint density at radius 2 is 2.00 bits per heavy atom. The Hall–Kier alpha value is -1.22. The predicted octanol–water partition coefficient (Wildman–Crippen LogP) is 2.77. The highest BCUT2D eigenvalue weighted by Gasteiger charge is 2.40. The fourth-order valence-corrected chi connectivity index (χ4v) is 2.70. The molecular formula is C15H20ClN3. The number of guanidine groups is 1. The molecule has 102 valence electrons. The third-order valence-corrected chi connectivity index (χ3v) is 4.28. The van der Waals surface area contributed by atoms with Crippen LogP contribution in [0.1, 0.15) is 31.2 Å². The number of aliphatic imine (C=N–C) groups is 1. The summed E-state index contributed by atoms with van der Waals surface area (Å²) < 4.78 is 0. The van der Waals surface area contributed by atoms with E-state index in [0.717, 1.165) is 23.3 Å². The van der Waals surface area contributed by atoms with Crippen molar-refractivity contribution in [2.24, 2.45) is 10.9 Å². The third kappa shape index (κ3) is 3.03. The van der Waals surface area contributed by atoms with Crippen LogP contribution in [0.4, 0.5) is 0 Å². The molecule has 3 rings (SSSR count). The summed E-state index contributed by atoms with van der Waals surface area (Å²) in [5.74, 6) is 2.28. The zero-order valence-corrected chi connectivity index (χ0v) is 12.1. The van der Waals surface area contributed by atoms with E-state index in [0.29, 0.717) is 18.0 Å². The first-order chi connectivity index (χ1) is 9.17. The molecule has 4 unspecified atom stereocenters. The maximum atomic E-state index is 6.03. The first kappa shape index (κ1) is 12.8. The maximum Gasteiger partial charge on any atom is 0.191 e. The minimum Gasteiger partial charge on any atom is -0.353 e. The molecule has 2 saturated carbocycles. The van der Waals surface area contributed by atoms with E-state index < -0.39 is 0 Å². The summed E-state index contributed by atoms with van der Waals surface area (Å²) in [6.07, 6.45) is 2.41. The molecule has 0 saturated heterocycles. The van der Waals surface area contributed by atoms with Crippen molar-refractivity contribution in [1.82, 2.24) is 10.6 Å². The quantitative estimate of drug-likeness (QED) is 0.658. The van der Waals surface area contributed by atoms with Crippen molar-refractivity contribution >= 4 is 17.6 Å². The molecule has 2 fully saturated rings. The largest absolute Gasteiger partial charge is 0.353 e. The molecule has 1 aromatic rings. The molecule has 4 atom stereocenters. The van der Waals surface area contributed by atoms with Gasteiger partial charge in [-0.25, -0.2) is 0 Å². The lowest BCUT2D eigenvalue weighted by Gasteiger charge is -2.11. The molecule has 0 bridgehead atoms. The molecule has 4 heteroatoms. The average molecular weight is 278 g/mol. The van der Waals surface area contributed by atoms with Crippen molar-refractivity contribution in [2.75, 3.05) is 7.05 Å². The van der Waals surface area contributed by atoms with Crippen LogP contribution in [0.3, 0.4) is 0 Å². The highest BCUT2D eigenvalue weighted by atomic mass is 35.5. The topological polar surface area (TPSA) is 36.4 Å². The standard InChI is InChI=1S/C15H20ClN3/c1-9-6-13(9)18-15(17-2)19-14-8-12(14)10-4-3-5-11(16)7-10/h3-5,7,9,12-14H,6,8H2,1-2H3,(H2,17,18,19). The highest BCUT2D eigenvalue weighted by Crippen LogP contribution is 2.41. The molecule has 0 aromatic heterocycles. The fourth-order valence-electron chi connectivity index (χ4n) is 2.51. The van der Waals surface area contributed by atoms with Crippen LogP contribution in [0.2, 0.25) is 5.02 Å². The fraction of sp³-hybridized carbons (Fsp3) is 0.533. The second kappa shape index (κ2) is 5.04. The molecule has 2 aliphatic rings. The van der Waals surface area contributed by atoms with E-state index in [-0.39, 0.29) is 0 Å². The second-order valence-corrected chi connectivity index (χ2v) is 6.12. The summed E-state index contributed by atoms with van der Waals surface area (Å²) >= 11 is 6.03. The summed E-state index contributed by atoms with van der Waals surface area (Å²) in [4.78, 5) is 4.30. The molecule has 0 radical (unpaired) electrons. The van der Waals surface area contributed by atoms with Gasteiger partial charge in [0.05, 0.1) is 0 Å². The summed E-state index contributed by atoms with van der Waals surface area (Å²) in [5.41, 5.74) is 1.32. The Labute approximate surface area is 119 Å². The van der Waals surface area contributed by atoms with Crippen LogP contribution in [0, 0.1) is 5.92 Å². The molecular weight excluding hydrogens is 258 g/mol. The smallest absolute Gasteiger partial charge is 0.191 e. The average Bonchev–Trinajstić information content (AvgIpc) is 3.28. The van der Waals surface area contributed by atoms with Gasteiger partial charge in [0.2, 0.25) is 0 Å². The normalized spacial score (nSPS) is 32.9. The number of rotatable bonds is 3. The summed E-state index contributed by atoms with van der Waals surface area (Å²) in [5, 5.41) is 7.77. The van der Waals surface area contributed by atoms with Crippen molar-refractivity contribution < 1.29 is 0 Å². The Morgan fingerprint density at radius 3 is 2.63 bits per heavy atom. The first-order valence-electron chi connectivity index (χ1n) is 6.92. The summed E-state index contributed by atoms with van der Waals surface area (Å²) in [7, 11) is 1.83. The number of nitrogens with one attached hydrogen (secondary N) is 2. The Kier molecular flexibility index (Phi) is 3.40. The monoisotopic (exact) mass is 277 g/mol. The maximum absolute atomic E-state index is 6.03. The van der Waals surface area contributed by atoms with Crippen LogP contribution in [0.15, 0.2) is 29.3 Å². The highest BCUT2D eigenvalue weighted by molar-refractivity contribution is 6.30. The number of hydrogen-bond acceptors (Lipinski definition) is 1. The Bertz CT molecular complexity index is 500. The SMILES string of the molecule is CN=C(NC1CC1C)NC1CC1c1cccc(Cl)c1. The Morgan fingerprint density at radius 1 is 1.26 bits per heavy atom. The molecule has 2 N–H and O–H groups in total. The van der Waals surface area contributed by atoms with Gasteiger partial charge in [0.15, 0.2) is 5.96 Å². The molecule has 2 aliphatic carbocycles. The lowest BCUT2D eigenvalue weighted by Crippen LogP contribution is -2.40. The van der Waals surface area contributed by atoms with Crippen LogP contribution in [-0.4, -0.2) is 25.1 Å². The van der Waals surface area contributed by atoms with Crippen LogP contribution in [-0.2, 0) is 0 Å². The second-order valence-electron chi connectivity index (χ2n) is 5.68. The first-order valence-corrected chi connectivity index (χ1v) is 7.30. The lowest BCUT2D eigenvalue weighted by atomic mass is 10.1. The summed E-state index contributed by atoms with van der Waals surface area (Å²) in [6, 6.07) is 9.25. The van der Waals surface area contributed by atoms with Crippen molar-refractivity contribution in [3.8, 4) is 0 Å². The lowest BCUT2D eigenvalue weighted by molar-refractivity contribution is 0.754. The number of nitrogens with zero attached hydrogens (tertiary/aromatic N) is 1. The molecule has 19 heavy (non-hydrogen) atoms. The number of hydrogen-bond donors (Lipinski definition) is 2. The van der Waals surface area contributed by atoms with E-state index in [2.05, 4.69) is 34.7 Å². The molecule has 0 heterocycles. The molecule has 0 amide bonds. The van der Waals surface area contributed by atoms with E-state index in [1.54, 1.807) is 0 Å². The van der Waals surface area contributed by atoms with Gasteiger partial charge in [0.1, 0.15) is 0 Å². The zero-order chi connectivity index (χ0) is 13.4. The zero-order valence-electron chi connectivity index (χ0n) is 11.4. The van der Waals surface area contributed by atoms with Gasteiger partial charge in [-0.2, -0.15) is 0 Å². The van der Waals surface area contributed by atoms with Crippen molar-refractivity contribution in [2.45, 2.75) is 37.8 Å². The van der Waals surface area contributed by atoms with Gasteiger partial charge in [0, 0.05) is 30.1 Å². The molecule has 0 spiro atoms. The van der Waals surface area contributed by atoms with Crippen LogP contribution >= 0.6 is 11.6 Å². The van der Waals surface area contributed by atoms with Gasteiger partial charge in [-0.3, -0.25) is 4.99 Å². The van der Waals surface area contributed by atoms with Gasteiger partial charge in [-0.05, 0) is 36.5 Å². The van der Waals surface area contributed by atoms with E-state index in [9.17, 15) is 0 Å². The number of halogens is 1. The summed E-state index contributed by atoms with van der Waals surface area (Å²) in [6.45, 7) is 2.26. The van der Waals surface area contributed by atoms with E-state index in [1.807, 2.05) is 19.2 Å².